The lowest BCUT2D eigenvalue weighted by atomic mass is 10.1. The van der Waals surface area contributed by atoms with Gasteiger partial charge < -0.3 is 14.4 Å². The van der Waals surface area contributed by atoms with Crippen LogP contribution < -0.4 is 4.74 Å². The van der Waals surface area contributed by atoms with E-state index < -0.39 is 5.97 Å². The van der Waals surface area contributed by atoms with Crippen LogP contribution in [0.5, 0.6) is 5.75 Å². The van der Waals surface area contributed by atoms with E-state index in [9.17, 15) is 4.79 Å². The van der Waals surface area contributed by atoms with E-state index in [1.54, 1.807) is 6.08 Å². The van der Waals surface area contributed by atoms with E-state index >= 15 is 0 Å². The molecular weight excluding hydrogens is 406 g/mol. The largest absolute Gasteiger partial charge is 0.493 e. The van der Waals surface area contributed by atoms with E-state index in [0.717, 1.165) is 38.9 Å². The van der Waals surface area contributed by atoms with Crippen LogP contribution in [0.15, 0.2) is 59.2 Å². The maximum absolute atomic E-state index is 10.8. The van der Waals surface area contributed by atoms with E-state index in [1.165, 1.54) is 18.9 Å². The maximum atomic E-state index is 10.8. The quantitative estimate of drug-likeness (QED) is 0.519. The zero-order valence-electron chi connectivity index (χ0n) is 14.8. The van der Waals surface area contributed by atoms with Crippen LogP contribution in [0.3, 0.4) is 0 Å². The van der Waals surface area contributed by atoms with Crippen LogP contribution in [0, 0.1) is 5.92 Å². The smallest absolute Gasteiger partial charge is 0.328 e. The zero-order valence-corrected chi connectivity index (χ0v) is 16.4. The lowest BCUT2D eigenvalue weighted by Gasteiger charge is -2.13. The van der Waals surface area contributed by atoms with Crippen LogP contribution in [-0.2, 0) is 11.3 Å². The fraction of sp³-hybridized carbons (Fsp3) is 0.227. The fourth-order valence-electron chi connectivity index (χ4n) is 3.18. The van der Waals surface area contributed by atoms with Crippen LogP contribution in [0.2, 0.25) is 0 Å². The number of fused-ring (bicyclic) bond motifs is 1. The molecule has 0 radical (unpaired) electrons. The molecule has 0 saturated heterocycles. The van der Waals surface area contributed by atoms with Gasteiger partial charge in [0.2, 0.25) is 0 Å². The normalized spacial score (nSPS) is 14.1. The van der Waals surface area contributed by atoms with Gasteiger partial charge in [-0.05, 0) is 60.7 Å². The molecular formula is C22H20BrNO3. The van der Waals surface area contributed by atoms with Crippen LogP contribution in [0.4, 0.5) is 0 Å². The molecule has 1 heterocycles. The van der Waals surface area contributed by atoms with Gasteiger partial charge in [0.05, 0.1) is 13.2 Å². The molecule has 5 heteroatoms. The molecule has 2 aromatic carbocycles. The van der Waals surface area contributed by atoms with Gasteiger partial charge in [-0.1, -0.05) is 28.1 Å². The lowest BCUT2D eigenvalue weighted by Crippen LogP contribution is -2.05. The van der Waals surface area contributed by atoms with E-state index in [2.05, 4.69) is 32.6 Å². The van der Waals surface area contributed by atoms with Gasteiger partial charge in [0.1, 0.15) is 5.75 Å². The monoisotopic (exact) mass is 425 g/mol. The summed E-state index contributed by atoms with van der Waals surface area (Å²) in [6.45, 7) is 1.47. The number of carboxylic acid groups (broad SMARTS) is 1. The molecule has 1 aliphatic carbocycles. The molecule has 0 aliphatic heterocycles. The van der Waals surface area contributed by atoms with E-state index in [0.29, 0.717) is 12.5 Å². The zero-order chi connectivity index (χ0) is 18.8. The van der Waals surface area contributed by atoms with Gasteiger partial charge in [0, 0.05) is 33.2 Å². The summed E-state index contributed by atoms with van der Waals surface area (Å²) in [6.07, 6.45) is 7.37. The Morgan fingerprint density at radius 2 is 2.11 bits per heavy atom. The molecule has 0 unspecified atom stereocenters. The average Bonchev–Trinajstić information content (AvgIpc) is 3.39. The Hall–Kier alpha value is -2.53. The third kappa shape index (κ3) is 4.25. The van der Waals surface area contributed by atoms with E-state index in [1.807, 2.05) is 36.5 Å². The number of aliphatic carboxylic acids is 1. The molecule has 1 saturated carbocycles. The first kappa shape index (κ1) is 17.9. The molecule has 3 aromatic rings. The second-order valence-electron chi connectivity index (χ2n) is 6.90. The van der Waals surface area contributed by atoms with Crippen molar-refractivity contribution >= 4 is 38.9 Å². The van der Waals surface area contributed by atoms with Crippen molar-refractivity contribution in [1.29, 1.82) is 0 Å². The van der Waals surface area contributed by atoms with Gasteiger partial charge >= 0.3 is 5.97 Å². The minimum Gasteiger partial charge on any atom is -0.493 e. The Labute approximate surface area is 166 Å². The predicted octanol–water partition coefficient (Wildman–Crippen LogP) is 5.34. The van der Waals surface area contributed by atoms with Crippen molar-refractivity contribution in [2.24, 2.45) is 5.92 Å². The number of carboxylic acids is 1. The van der Waals surface area contributed by atoms with Gasteiger partial charge in [-0.3, -0.25) is 0 Å². The Morgan fingerprint density at radius 3 is 2.89 bits per heavy atom. The van der Waals surface area contributed by atoms with E-state index in [4.69, 9.17) is 9.84 Å². The Kier molecular flexibility index (Phi) is 5.03. The van der Waals surface area contributed by atoms with E-state index in [-0.39, 0.29) is 0 Å². The number of hydrogen-bond acceptors (Lipinski definition) is 2. The van der Waals surface area contributed by atoms with Crippen LogP contribution in [-0.4, -0.2) is 22.2 Å². The number of hydrogen-bond donors (Lipinski definition) is 1. The predicted molar refractivity (Wildman–Crippen MR) is 110 cm³/mol. The number of halogens is 1. The first-order chi connectivity index (χ1) is 13.1. The van der Waals surface area contributed by atoms with Gasteiger partial charge in [-0.2, -0.15) is 0 Å². The molecule has 27 heavy (non-hydrogen) atoms. The summed E-state index contributed by atoms with van der Waals surface area (Å²) in [5, 5.41) is 9.92. The Bertz CT molecular complexity index is 1020. The first-order valence-electron chi connectivity index (χ1n) is 9.00. The van der Waals surface area contributed by atoms with Crippen molar-refractivity contribution in [1.82, 2.24) is 4.57 Å². The number of ether oxygens (including phenoxy) is 1. The molecule has 1 aromatic heterocycles. The third-order valence-corrected chi connectivity index (χ3v) is 5.28. The molecule has 0 amide bonds. The van der Waals surface area contributed by atoms with Crippen molar-refractivity contribution in [2.45, 2.75) is 19.4 Å². The molecule has 0 spiro atoms. The molecule has 0 atom stereocenters. The van der Waals surface area contributed by atoms with Crippen molar-refractivity contribution in [3.63, 3.8) is 0 Å². The van der Waals surface area contributed by atoms with Crippen molar-refractivity contribution < 1.29 is 14.6 Å². The fourth-order valence-corrected chi connectivity index (χ4v) is 3.59. The molecule has 138 valence electrons. The topological polar surface area (TPSA) is 51.5 Å². The minimum absolute atomic E-state index is 0.690. The third-order valence-electron chi connectivity index (χ3n) is 4.79. The summed E-state index contributed by atoms with van der Waals surface area (Å²) in [4.78, 5) is 10.8. The van der Waals surface area contributed by atoms with Crippen LogP contribution in [0.25, 0.3) is 17.0 Å². The second-order valence-corrected chi connectivity index (χ2v) is 7.82. The standard InChI is InChI=1S/C22H20BrNO3/c23-18-7-8-21(27-14-15-4-5-15)17(12-18)13-24-11-10-19-16(6-9-22(25)26)2-1-3-20(19)24/h1-3,6-12,15H,4-5,13-14H2,(H,25,26)/b9-6+. The second kappa shape index (κ2) is 7.61. The summed E-state index contributed by atoms with van der Waals surface area (Å²) in [5.41, 5.74) is 3.08. The Morgan fingerprint density at radius 1 is 1.26 bits per heavy atom. The summed E-state index contributed by atoms with van der Waals surface area (Å²) in [6, 6.07) is 14.1. The summed E-state index contributed by atoms with van der Waals surface area (Å²) >= 11 is 3.56. The van der Waals surface area contributed by atoms with Gasteiger partial charge in [0.25, 0.3) is 0 Å². The van der Waals surface area contributed by atoms with Gasteiger partial charge in [-0.25, -0.2) is 4.79 Å². The highest BCUT2D eigenvalue weighted by atomic mass is 79.9. The number of benzene rings is 2. The lowest BCUT2D eigenvalue weighted by molar-refractivity contribution is -0.131. The maximum Gasteiger partial charge on any atom is 0.328 e. The molecule has 1 N–H and O–H groups in total. The molecule has 1 fully saturated rings. The van der Waals surface area contributed by atoms with Gasteiger partial charge in [0.15, 0.2) is 0 Å². The van der Waals surface area contributed by atoms with Crippen molar-refractivity contribution in [3.8, 4) is 5.75 Å². The number of rotatable bonds is 7. The van der Waals surface area contributed by atoms with Crippen molar-refractivity contribution in [3.05, 3.63) is 70.3 Å². The molecule has 0 bridgehead atoms. The van der Waals surface area contributed by atoms with Crippen LogP contribution in [0.1, 0.15) is 24.0 Å². The average molecular weight is 426 g/mol. The first-order valence-corrected chi connectivity index (χ1v) is 9.79. The SMILES string of the molecule is O=C(O)/C=C/c1cccc2c1ccn2Cc1cc(Br)ccc1OCC1CC1. The highest BCUT2D eigenvalue weighted by molar-refractivity contribution is 9.10. The highest BCUT2D eigenvalue weighted by Crippen LogP contribution is 2.32. The minimum atomic E-state index is -0.946. The summed E-state index contributed by atoms with van der Waals surface area (Å²) in [7, 11) is 0. The molecule has 1 aliphatic rings. The number of aromatic nitrogens is 1. The summed E-state index contributed by atoms with van der Waals surface area (Å²) in [5.74, 6) is 0.685. The number of nitrogens with zero attached hydrogens (tertiary/aromatic N) is 1. The summed E-state index contributed by atoms with van der Waals surface area (Å²) < 4.78 is 9.25. The highest BCUT2D eigenvalue weighted by Gasteiger charge is 2.22. The molecule has 4 rings (SSSR count). The Balaban J connectivity index is 1.64. The van der Waals surface area contributed by atoms with Gasteiger partial charge in [-0.15, -0.1) is 0 Å². The number of carbonyl (C=O) groups is 1. The molecule has 4 nitrogen and oxygen atoms in total. The van der Waals surface area contributed by atoms with Crippen LogP contribution >= 0.6 is 15.9 Å². The van der Waals surface area contributed by atoms with Crippen molar-refractivity contribution in [2.75, 3.05) is 6.61 Å².